The van der Waals surface area contributed by atoms with E-state index in [4.69, 9.17) is 18.9 Å². The fourth-order valence-corrected chi connectivity index (χ4v) is 5.49. The Morgan fingerprint density at radius 1 is 1.04 bits per heavy atom. The Hall–Kier alpha value is -4.72. The van der Waals surface area contributed by atoms with Crippen LogP contribution in [-0.2, 0) is 22.6 Å². The average Bonchev–Trinajstić information content (AvgIpc) is 3.45. The van der Waals surface area contributed by atoms with Gasteiger partial charge in [0.1, 0.15) is 23.9 Å². The van der Waals surface area contributed by atoms with Gasteiger partial charge < -0.3 is 34.9 Å². The van der Waals surface area contributed by atoms with Crippen LogP contribution in [0.15, 0.2) is 67.1 Å². The van der Waals surface area contributed by atoms with Crippen molar-refractivity contribution in [2.24, 2.45) is 0 Å². The first-order chi connectivity index (χ1) is 22.0. The second-order valence-corrected chi connectivity index (χ2v) is 11.0. The van der Waals surface area contributed by atoms with Crippen molar-refractivity contribution in [2.45, 2.75) is 31.7 Å². The molecule has 2 atom stereocenters. The number of rotatable bonds is 6. The molecule has 0 unspecified atom stereocenters. The number of carbonyl (C=O) groups excluding carboxylic acids is 2. The fourth-order valence-electron chi connectivity index (χ4n) is 5.49. The van der Waals surface area contributed by atoms with Crippen molar-refractivity contribution in [1.29, 1.82) is 0 Å². The number of amides is 3. The molecule has 13 heteroatoms. The lowest BCUT2D eigenvalue weighted by Gasteiger charge is -2.38. The number of fused-ring (bicyclic) bond motifs is 6. The Morgan fingerprint density at radius 2 is 1.96 bits per heavy atom. The van der Waals surface area contributed by atoms with E-state index in [9.17, 15) is 9.59 Å². The molecule has 2 aromatic carbocycles. The number of nitrogens with zero attached hydrogens (tertiary/aromatic N) is 4. The normalized spacial score (nSPS) is 19.7. The van der Waals surface area contributed by atoms with Crippen LogP contribution in [0.25, 0.3) is 5.65 Å². The highest BCUT2D eigenvalue weighted by molar-refractivity contribution is 5.95. The van der Waals surface area contributed by atoms with Crippen LogP contribution in [-0.4, -0.2) is 90.1 Å². The van der Waals surface area contributed by atoms with Crippen LogP contribution in [0, 0.1) is 0 Å². The summed E-state index contributed by atoms with van der Waals surface area (Å²) in [6, 6.07) is 14.0. The second kappa shape index (κ2) is 14.4. The maximum atomic E-state index is 13.0. The molecule has 6 rings (SSSR count). The van der Waals surface area contributed by atoms with Gasteiger partial charge in [0.25, 0.3) is 5.91 Å². The molecule has 2 aromatic heterocycles. The SMILES string of the molecule is COCCOc1cc2cc(c1)C(=O)NCCNC(=O)N[C@H]1CCN(Cc3cnn4cccnc34)C[C@@H]1OCc1cccc(c1)O2. The molecular formula is C32H37N7O6. The number of methoxy groups -OCH3 is 1. The number of likely N-dealkylation sites (tertiary alicyclic amines) is 1. The smallest absolute Gasteiger partial charge is 0.315 e. The van der Waals surface area contributed by atoms with E-state index in [-0.39, 0.29) is 37.2 Å². The van der Waals surface area contributed by atoms with Crippen LogP contribution in [0.5, 0.6) is 17.2 Å². The number of carbonyl (C=O) groups is 2. The van der Waals surface area contributed by atoms with Gasteiger partial charge in [-0.05, 0) is 42.3 Å². The number of ether oxygens (including phenoxy) is 4. The molecule has 1 saturated heterocycles. The minimum atomic E-state index is -0.310. The standard InChI is InChI=1S/C32H37N7O6/c1-42-12-13-43-26-15-23-16-27(17-26)45-25-5-2-4-22(14-25)21-44-29-20-38(19-24-18-36-39-10-3-7-33-30(24)39)11-6-28(29)37-32(41)35-9-8-34-31(23)40/h2-5,7,10,14-18,28-29H,6,8-9,11-13,19-21H2,1H3,(H,34,40)(H2,35,37,41)/t28-,29-/m0/s1. The topological polar surface area (TPSA) is 141 Å². The quantitative estimate of drug-likeness (QED) is 0.279. The minimum absolute atomic E-state index is 0.201. The van der Waals surface area contributed by atoms with E-state index in [1.54, 1.807) is 36.0 Å². The number of urea groups is 1. The summed E-state index contributed by atoms with van der Waals surface area (Å²) in [4.78, 5) is 32.7. The van der Waals surface area contributed by atoms with Gasteiger partial charge in [-0.3, -0.25) is 9.69 Å². The highest BCUT2D eigenvalue weighted by atomic mass is 16.5. The largest absolute Gasteiger partial charge is 0.491 e. The molecule has 13 nitrogen and oxygen atoms in total. The molecule has 4 heterocycles. The van der Waals surface area contributed by atoms with Crippen LogP contribution < -0.4 is 25.4 Å². The number of benzene rings is 2. The summed E-state index contributed by atoms with van der Waals surface area (Å²) in [5.74, 6) is 1.22. The summed E-state index contributed by atoms with van der Waals surface area (Å²) in [6.45, 7) is 3.58. The first-order valence-corrected chi connectivity index (χ1v) is 15.0. The van der Waals surface area contributed by atoms with Crippen molar-refractivity contribution in [1.82, 2.24) is 35.4 Å². The van der Waals surface area contributed by atoms with E-state index in [1.807, 2.05) is 42.7 Å². The van der Waals surface area contributed by atoms with Crippen LogP contribution in [0.3, 0.4) is 0 Å². The number of hydrogen-bond donors (Lipinski definition) is 3. The van der Waals surface area contributed by atoms with Gasteiger partial charge in [-0.1, -0.05) is 12.1 Å². The summed E-state index contributed by atoms with van der Waals surface area (Å²) in [7, 11) is 1.59. The Kier molecular flexibility index (Phi) is 9.68. The van der Waals surface area contributed by atoms with Crippen LogP contribution in [0.1, 0.15) is 27.9 Å². The molecule has 2 aliphatic heterocycles. The third-order valence-corrected chi connectivity index (χ3v) is 7.70. The zero-order valence-corrected chi connectivity index (χ0v) is 25.1. The summed E-state index contributed by atoms with van der Waals surface area (Å²) in [5, 5.41) is 13.2. The molecular weight excluding hydrogens is 578 g/mol. The Labute approximate surface area is 260 Å². The highest BCUT2D eigenvalue weighted by Gasteiger charge is 2.32. The van der Waals surface area contributed by atoms with E-state index >= 15 is 0 Å². The molecule has 0 aliphatic carbocycles. The van der Waals surface area contributed by atoms with Crippen molar-refractivity contribution >= 4 is 17.6 Å². The molecule has 3 amide bonds. The van der Waals surface area contributed by atoms with E-state index in [1.165, 1.54) is 0 Å². The van der Waals surface area contributed by atoms with Crippen molar-refractivity contribution in [2.75, 3.05) is 46.5 Å². The van der Waals surface area contributed by atoms with Crippen LogP contribution in [0.2, 0.25) is 0 Å². The molecule has 2 aliphatic rings. The number of aromatic nitrogens is 3. The minimum Gasteiger partial charge on any atom is -0.491 e. The Morgan fingerprint density at radius 3 is 2.87 bits per heavy atom. The first kappa shape index (κ1) is 30.3. The van der Waals surface area contributed by atoms with Gasteiger partial charge in [0.2, 0.25) is 0 Å². The summed E-state index contributed by atoms with van der Waals surface area (Å²) >= 11 is 0. The average molecular weight is 616 g/mol. The summed E-state index contributed by atoms with van der Waals surface area (Å²) in [5.41, 5.74) is 3.14. The van der Waals surface area contributed by atoms with Gasteiger partial charge >= 0.3 is 6.03 Å². The zero-order valence-electron chi connectivity index (χ0n) is 25.1. The molecule has 236 valence electrons. The van der Waals surface area contributed by atoms with Crippen molar-refractivity contribution in [3.05, 3.63) is 83.8 Å². The molecule has 4 aromatic rings. The molecule has 45 heavy (non-hydrogen) atoms. The molecule has 0 spiro atoms. The van der Waals surface area contributed by atoms with Gasteiger partial charge in [0.05, 0.1) is 31.6 Å². The number of piperidine rings is 1. The maximum absolute atomic E-state index is 13.0. The fraction of sp³-hybridized carbons (Fsp3) is 0.375. The van der Waals surface area contributed by atoms with Gasteiger partial charge in [-0.2, -0.15) is 5.10 Å². The molecule has 0 radical (unpaired) electrons. The number of hydrogen-bond acceptors (Lipinski definition) is 9. The van der Waals surface area contributed by atoms with Crippen LogP contribution >= 0.6 is 0 Å². The first-order valence-electron chi connectivity index (χ1n) is 15.0. The van der Waals surface area contributed by atoms with Gasteiger partial charge in [-0.25, -0.2) is 14.3 Å². The third kappa shape index (κ3) is 7.87. The van der Waals surface area contributed by atoms with Gasteiger partial charge in [-0.15, -0.1) is 0 Å². The lowest BCUT2D eigenvalue weighted by Crippen LogP contribution is -2.56. The Bertz CT molecular complexity index is 1630. The summed E-state index contributed by atoms with van der Waals surface area (Å²) in [6.07, 6.45) is 5.92. The zero-order chi connectivity index (χ0) is 31.0. The summed E-state index contributed by atoms with van der Waals surface area (Å²) < 4.78 is 25.3. The molecule has 0 saturated carbocycles. The van der Waals surface area contributed by atoms with Gasteiger partial charge in [0.15, 0.2) is 5.65 Å². The van der Waals surface area contributed by atoms with E-state index in [0.717, 1.165) is 23.3 Å². The number of nitrogens with one attached hydrogen (secondary N) is 3. The van der Waals surface area contributed by atoms with Gasteiger partial charge in [0, 0.05) is 69.4 Å². The van der Waals surface area contributed by atoms with Crippen LogP contribution in [0.4, 0.5) is 4.79 Å². The van der Waals surface area contributed by atoms with E-state index in [2.05, 4.69) is 30.9 Å². The lowest BCUT2D eigenvalue weighted by molar-refractivity contribution is -0.0303. The van der Waals surface area contributed by atoms with E-state index in [0.29, 0.717) is 62.1 Å². The third-order valence-electron chi connectivity index (χ3n) is 7.70. The molecule has 3 N–H and O–H groups in total. The monoisotopic (exact) mass is 615 g/mol. The highest BCUT2D eigenvalue weighted by Crippen LogP contribution is 2.29. The molecule has 1 fully saturated rings. The lowest BCUT2D eigenvalue weighted by atomic mass is 10.0. The van der Waals surface area contributed by atoms with Crippen molar-refractivity contribution in [3.8, 4) is 17.2 Å². The maximum Gasteiger partial charge on any atom is 0.315 e. The molecule has 4 bridgehead atoms. The van der Waals surface area contributed by atoms with Crippen molar-refractivity contribution in [3.63, 3.8) is 0 Å². The second-order valence-electron chi connectivity index (χ2n) is 11.0. The van der Waals surface area contributed by atoms with Crippen molar-refractivity contribution < 1.29 is 28.5 Å². The Balaban J connectivity index is 1.21. The predicted octanol–water partition coefficient (Wildman–Crippen LogP) is 2.75. The van der Waals surface area contributed by atoms with E-state index < -0.39 is 0 Å². The predicted molar refractivity (Wildman–Crippen MR) is 164 cm³/mol.